The van der Waals surface area contributed by atoms with Gasteiger partial charge in [0.25, 0.3) is 0 Å². The first-order valence-electron chi connectivity index (χ1n) is 4.20. The predicted molar refractivity (Wildman–Crippen MR) is 60.8 cm³/mol. The third kappa shape index (κ3) is 1.95. The van der Waals surface area contributed by atoms with Crippen molar-refractivity contribution in [3.8, 4) is 0 Å². The molecule has 1 rings (SSSR count). The van der Waals surface area contributed by atoms with E-state index in [9.17, 15) is 5.11 Å². The zero-order chi connectivity index (χ0) is 10.9. The molecule has 76 valence electrons. The number of hydrogen-bond donors (Lipinski definition) is 1. The van der Waals surface area contributed by atoms with Gasteiger partial charge in [-0.1, -0.05) is 35.8 Å². The van der Waals surface area contributed by atoms with E-state index in [1.165, 1.54) is 0 Å². The molecule has 14 heavy (non-hydrogen) atoms. The lowest BCUT2D eigenvalue weighted by Crippen LogP contribution is -2.23. The minimum atomic E-state index is -1.19. The molecule has 0 aromatic heterocycles. The molecular weight excluding hydrogens is 219 g/mol. The quantitative estimate of drug-likeness (QED) is 0.768. The Hall–Kier alpha value is -0.500. The number of benzene rings is 1. The van der Waals surface area contributed by atoms with Gasteiger partial charge in [-0.2, -0.15) is 0 Å². The first-order chi connectivity index (χ1) is 6.37. The van der Waals surface area contributed by atoms with E-state index >= 15 is 0 Å². The molecule has 1 N–H and O–H groups in total. The minimum Gasteiger partial charge on any atom is -0.381 e. The third-order valence-electron chi connectivity index (χ3n) is 2.28. The average molecular weight is 231 g/mol. The maximum absolute atomic E-state index is 10.2. The Kier molecular flexibility index (Phi) is 3.25. The van der Waals surface area contributed by atoms with Crippen molar-refractivity contribution in [1.82, 2.24) is 0 Å². The van der Waals surface area contributed by atoms with Crippen LogP contribution in [0.1, 0.15) is 19.4 Å². The van der Waals surface area contributed by atoms with Crippen molar-refractivity contribution in [2.45, 2.75) is 19.4 Å². The van der Waals surface area contributed by atoms with Gasteiger partial charge in [0.1, 0.15) is 5.60 Å². The molecule has 0 spiro atoms. The van der Waals surface area contributed by atoms with Crippen LogP contribution in [-0.4, -0.2) is 5.11 Å². The van der Waals surface area contributed by atoms with Gasteiger partial charge in [0.2, 0.25) is 0 Å². The zero-order valence-corrected chi connectivity index (χ0v) is 9.65. The van der Waals surface area contributed by atoms with E-state index in [2.05, 4.69) is 6.58 Å². The van der Waals surface area contributed by atoms with Crippen molar-refractivity contribution >= 4 is 23.2 Å². The van der Waals surface area contributed by atoms with Crippen LogP contribution in [0.4, 0.5) is 0 Å². The Morgan fingerprint density at radius 3 is 2.14 bits per heavy atom. The van der Waals surface area contributed by atoms with E-state index in [0.717, 1.165) is 0 Å². The van der Waals surface area contributed by atoms with Crippen LogP contribution < -0.4 is 0 Å². The highest BCUT2D eigenvalue weighted by molar-refractivity contribution is 6.36. The molecule has 1 aromatic rings. The number of rotatable bonds is 2. The molecule has 1 unspecified atom stereocenters. The molecular formula is C11H12Cl2O. The van der Waals surface area contributed by atoms with E-state index in [1.54, 1.807) is 32.0 Å². The van der Waals surface area contributed by atoms with Crippen molar-refractivity contribution in [1.29, 1.82) is 0 Å². The fourth-order valence-electron chi connectivity index (χ4n) is 1.18. The smallest absolute Gasteiger partial charge is 0.110 e. The molecule has 0 saturated carbocycles. The first-order valence-corrected chi connectivity index (χ1v) is 4.96. The molecule has 0 saturated heterocycles. The lowest BCUT2D eigenvalue weighted by atomic mass is 9.90. The summed E-state index contributed by atoms with van der Waals surface area (Å²) in [5, 5.41) is 11.1. The molecule has 0 fully saturated rings. The van der Waals surface area contributed by atoms with Crippen LogP contribution in [0.3, 0.4) is 0 Å². The predicted octanol–water partition coefficient (Wildman–Crippen LogP) is 3.78. The van der Waals surface area contributed by atoms with E-state index in [4.69, 9.17) is 23.2 Å². The molecule has 1 nitrogen and oxygen atoms in total. The van der Waals surface area contributed by atoms with Gasteiger partial charge in [-0.05, 0) is 31.6 Å². The SMILES string of the molecule is C=C(C)C(C)(O)c1c(Cl)cccc1Cl. The van der Waals surface area contributed by atoms with Crippen LogP contribution in [0.15, 0.2) is 30.4 Å². The highest BCUT2D eigenvalue weighted by atomic mass is 35.5. The van der Waals surface area contributed by atoms with Gasteiger partial charge in [-0.15, -0.1) is 0 Å². The number of aliphatic hydroxyl groups is 1. The summed E-state index contributed by atoms with van der Waals surface area (Å²) in [5.74, 6) is 0. The average Bonchev–Trinajstić information content (AvgIpc) is 2.02. The van der Waals surface area contributed by atoms with Crippen molar-refractivity contribution in [3.05, 3.63) is 46.0 Å². The highest BCUT2D eigenvalue weighted by Gasteiger charge is 2.28. The molecule has 0 aliphatic heterocycles. The summed E-state index contributed by atoms with van der Waals surface area (Å²) >= 11 is 11.9. The van der Waals surface area contributed by atoms with E-state index < -0.39 is 5.60 Å². The maximum atomic E-state index is 10.2. The zero-order valence-electron chi connectivity index (χ0n) is 8.14. The summed E-state index contributed by atoms with van der Waals surface area (Å²) in [6.45, 7) is 7.08. The maximum Gasteiger partial charge on any atom is 0.110 e. The Labute approximate surface area is 94.0 Å². The fraction of sp³-hybridized carbons (Fsp3) is 0.273. The van der Waals surface area contributed by atoms with Gasteiger partial charge in [-0.3, -0.25) is 0 Å². The molecule has 0 amide bonds. The van der Waals surface area contributed by atoms with Crippen molar-refractivity contribution in [2.75, 3.05) is 0 Å². The molecule has 0 heterocycles. The molecule has 0 aliphatic carbocycles. The summed E-state index contributed by atoms with van der Waals surface area (Å²) in [5.41, 5.74) is -0.0709. The lowest BCUT2D eigenvalue weighted by Gasteiger charge is -2.26. The molecule has 1 atom stereocenters. The normalized spacial score (nSPS) is 14.9. The monoisotopic (exact) mass is 230 g/mol. The molecule has 0 bridgehead atoms. The fourth-order valence-corrected chi connectivity index (χ4v) is 1.94. The third-order valence-corrected chi connectivity index (χ3v) is 2.91. The molecule has 0 radical (unpaired) electrons. The van der Waals surface area contributed by atoms with E-state index in [0.29, 0.717) is 21.2 Å². The van der Waals surface area contributed by atoms with Crippen molar-refractivity contribution in [3.63, 3.8) is 0 Å². The van der Waals surface area contributed by atoms with E-state index in [-0.39, 0.29) is 0 Å². The van der Waals surface area contributed by atoms with Gasteiger partial charge in [0.15, 0.2) is 0 Å². The van der Waals surface area contributed by atoms with E-state index in [1.807, 2.05) is 0 Å². The van der Waals surface area contributed by atoms with Crippen molar-refractivity contribution in [2.24, 2.45) is 0 Å². The Morgan fingerprint density at radius 1 is 1.36 bits per heavy atom. The second-order valence-corrected chi connectivity index (χ2v) is 4.26. The van der Waals surface area contributed by atoms with Crippen LogP contribution in [0.25, 0.3) is 0 Å². The standard InChI is InChI=1S/C11H12Cl2O/c1-7(2)11(3,14)10-8(12)5-4-6-9(10)13/h4-6,14H,1H2,2-3H3. The Morgan fingerprint density at radius 2 is 1.79 bits per heavy atom. The van der Waals surface area contributed by atoms with Gasteiger partial charge in [0, 0.05) is 15.6 Å². The second kappa shape index (κ2) is 3.93. The van der Waals surface area contributed by atoms with Crippen LogP contribution in [0.5, 0.6) is 0 Å². The summed E-state index contributed by atoms with van der Waals surface area (Å²) in [7, 11) is 0. The molecule has 0 aliphatic rings. The minimum absolute atomic E-state index is 0.450. The first kappa shape index (κ1) is 11.6. The Bertz CT molecular complexity index is 349. The molecule has 3 heteroatoms. The summed E-state index contributed by atoms with van der Waals surface area (Å²) in [6.07, 6.45) is 0. The lowest BCUT2D eigenvalue weighted by molar-refractivity contribution is 0.0983. The summed E-state index contributed by atoms with van der Waals surface area (Å²) in [6, 6.07) is 5.13. The van der Waals surface area contributed by atoms with Gasteiger partial charge >= 0.3 is 0 Å². The Balaban J connectivity index is 3.38. The summed E-state index contributed by atoms with van der Waals surface area (Å²) < 4.78 is 0. The van der Waals surface area contributed by atoms with Crippen LogP contribution in [0, 0.1) is 0 Å². The van der Waals surface area contributed by atoms with Crippen molar-refractivity contribution < 1.29 is 5.11 Å². The molecule has 1 aromatic carbocycles. The second-order valence-electron chi connectivity index (χ2n) is 3.45. The largest absolute Gasteiger partial charge is 0.381 e. The van der Waals surface area contributed by atoms with Crippen LogP contribution in [-0.2, 0) is 5.60 Å². The highest BCUT2D eigenvalue weighted by Crippen LogP contribution is 2.37. The van der Waals surface area contributed by atoms with Gasteiger partial charge < -0.3 is 5.11 Å². The summed E-state index contributed by atoms with van der Waals surface area (Å²) in [4.78, 5) is 0. The number of halogens is 2. The topological polar surface area (TPSA) is 20.2 Å². The van der Waals surface area contributed by atoms with Crippen LogP contribution >= 0.6 is 23.2 Å². The van der Waals surface area contributed by atoms with Gasteiger partial charge in [-0.25, -0.2) is 0 Å². The van der Waals surface area contributed by atoms with Crippen LogP contribution in [0.2, 0.25) is 10.0 Å². The number of hydrogen-bond acceptors (Lipinski definition) is 1. The van der Waals surface area contributed by atoms with Gasteiger partial charge in [0.05, 0.1) is 0 Å².